The van der Waals surface area contributed by atoms with Crippen LogP contribution in [0.2, 0.25) is 0 Å². The van der Waals surface area contributed by atoms with E-state index in [1.807, 2.05) is 0 Å². The van der Waals surface area contributed by atoms with Crippen molar-refractivity contribution in [2.75, 3.05) is 18.5 Å². The molecule has 36 heavy (non-hydrogen) atoms. The van der Waals surface area contributed by atoms with Crippen LogP contribution in [0, 0.1) is 0 Å². The van der Waals surface area contributed by atoms with Gasteiger partial charge in [-0.05, 0) is 32.1 Å². The van der Waals surface area contributed by atoms with E-state index in [0.717, 1.165) is 6.08 Å². The molecule has 0 spiro atoms. The molecule has 14 heteroatoms. The van der Waals surface area contributed by atoms with Crippen LogP contribution < -0.4 is 5.32 Å². The molecule has 1 aliphatic heterocycles. The van der Waals surface area contributed by atoms with Crippen molar-refractivity contribution < 1.29 is 37.7 Å². The van der Waals surface area contributed by atoms with Crippen molar-refractivity contribution >= 4 is 30.5 Å². The first-order valence-electron chi connectivity index (χ1n) is 11.1. The molecule has 4 rings (SSSR count). The summed E-state index contributed by atoms with van der Waals surface area (Å²) in [5.41, 5.74) is -0.445. The maximum Gasteiger partial charge on any atom is 0.389 e. The molecule has 12 nitrogen and oxygen atoms in total. The third-order valence-electron chi connectivity index (χ3n) is 5.34. The number of aliphatic hydroxyl groups is 2. The van der Waals surface area contributed by atoms with Crippen molar-refractivity contribution in [3.8, 4) is 0 Å². The molecule has 3 heterocycles. The van der Waals surface area contributed by atoms with Gasteiger partial charge in [-0.2, -0.15) is 4.39 Å². The van der Waals surface area contributed by atoms with E-state index in [1.165, 1.54) is 31.1 Å². The number of benzene rings is 1. The maximum atomic E-state index is 14.8. The molecule has 0 radical (unpaired) electrons. The minimum Gasteiger partial charge on any atom is -0.387 e. The first-order valence-corrected chi connectivity index (χ1v) is 12.7. The van der Waals surface area contributed by atoms with E-state index in [-0.39, 0.29) is 30.2 Å². The van der Waals surface area contributed by atoms with Gasteiger partial charge in [0.05, 0.1) is 19.5 Å². The van der Waals surface area contributed by atoms with E-state index >= 15 is 0 Å². The second-order valence-electron chi connectivity index (χ2n) is 7.66. The molecule has 0 bridgehead atoms. The fourth-order valence-corrected chi connectivity index (χ4v) is 5.01. The standard InChI is InChI=1S/C22H25FN5O7P/c1-3-33-36(32,34-4-2)15(23)10-14-17(29)18(30)22(35-14)28-12-26-16-19(24-11-25-20(16)28)27-21(31)13-8-6-5-7-9-13/h5-12,14,17-18,22,29-30H,3-4H2,1-2H3,(H,24,25,27,31). The Labute approximate surface area is 205 Å². The van der Waals surface area contributed by atoms with E-state index in [9.17, 15) is 24.0 Å². The lowest BCUT2D eigenvalue weighted by atomic mass is 10.1. The molecule has 1 amide bonds. The van der Waals surface area contributed by atoms with Gasteiger partial charge < -0.3 is 29.3 Å². The third-order valence-corrected chi connectivity index (χ3v) is 7.21. The largest absolute Gasteiger partial charge is 0.389 e. The quantitative estimate of drug-likeness (QED) is 0.358. The van der Waals surface area contributed by atoms with Crippen molar-refractivity contribution in [1.82, 2.24) is 19.5 Å². The Morgan fingerprint density at radius 2 is 1.86 bits per heavy atom. The van der Waals surface area contributed by atoms with Crippen molar-refractivity contribution in [3.63, 3.8) is 0 Å². The van der Waals surface area contributed by atoms with Gasteiger partial charge in [-0.25, -0.2) is 15.0 Å². The lowest BCUT2D eigenvalue weighted by Gasteiger charge is -2.17. The van der Waals surface area contributed by atoms with Crippen LogP contribution in [0.5, 0.6) is 0 Å². The summed E-state index contributed by atoms with van der Waals surface area (Å²) in [6.45, 7) is 2.92. The van der Waals surface area contributed by atoms with Crippen LogP contribution in [0.25, 0.3) is 11.2 Å². The van der Waals surface area contributed by atoms with Crippen LogP contribution in [-0.2, 0) is 18.3 Å². The van der Waals surface area contributed by atoms with Gasteiger partial charge in [-0.1, -0.05) is 18.2 Å². The normalized spacial score (nSPS) is 22.8. The molecule has 2 aromatic heterocycles. The molecular formula is C22H25FN5O7P. The SMILES string of the molecule is CCOP(=O)(OCC)C(F)=CC1OC(n2cnc3c(NC(=O)c4ccccc4)ncnc32)C(O)C1O. The number of anilines is 1. The summed E-state index contributed by atoms with van der Waals surface area (Å²) in [5, 5.41) is 23.8. The predicted molar refractivity (Wildman–Crippen MR) is 126 cm³/mol. The average Bonchev–Trinajstić information content (AvgIpc) is 3.42. The Kier molecular flexibility index (Phi) is 7.88. The predicted octanol–water partition coefficient (Wildman–Crippen LogP) is 2.77. The van der Waals surface area contributed by atoms with E-state index in [2.05, 4.69) is 20.3 Å². The Morgan fingerprint density at radius 3 is 2.53 bits per heavy atom. The number of fused-ring (bicyclic) bond motifs is 1. The number of carbonyl (C=O) groups is 1. The van der Waals surface area contributed by atoms with Crippen LogP contribution in [0.4, 0.5) is 10.2 Å². The summed E-state index contributed by atoms with van der Waals surface area (Å²) in [7, 11) is -4.23. The fraction of sp³-hybridized carbons (Fsp3) is 0.364. The topological polar surface area (TPSA) is 158 Å². The molecule has 1 aliphatic rings. The molecule has 3 N–H and O–H groups in total. The zero-order valence-electron chi connectivity index (χ0n) is 19.4. The Bertz CT molecular complexity index is 1290. The molecule has 192 valence electrons. The molecule has 0 saturated carbocycles. The number of amides is 1. The number of aliphatic hydroxyl groups excluding tert-OH is 2. The van der Waals surface area contributed by atoms with Gasteiger partial charge in [0.2, 0.25) is 5.57 Å². The smallest absolute Gasteiger partial charge is 0.387 e. The van der Waals surface area contributed by atoms with Crippen LogP contribution >= 0.6 is 7.60 Å². The summed E-state index contributed by atoms with van der Waals surface area (Å²) in [6, 6.07) is 8.50. The number of nitrogens with one attached hydrogen (secondary N) is 1. The van der Waals surface area contributed by atoms with Crippen LogP contribution in [-0.4, -0.2) is 67.2 Å². The van der Waals surface area contributed by atoms with Crippen LogP contribution in [0.3, 0.4) is 0 Å². The number of carbonyl (C=O) groups excluding carboxylic acids is 1. The zero-order chi connectivity index (χ0) is 25.9. The number of hydrogen-bond donors (Lipinski definition) is 3. The number of hydrogen-bond acceptors (Lipinski definition) is 10. The number of aromatic nitrogens is 4. The second-order valence-corrected chi connectivity index (χ2v) is 9.60. The summed E-state index contributed by atoms with van der Waals surface area (Å²) >= 11 is 0. The van der Waals surface area contributed by atoms with Gasteiger partial charge >= 0.3 is 7.60 Å². The molecule has 4 unspecified atom stereocenters. The van der Waals surface area contributed by atoms with E-state index in [0.29, 0.717) is 5.56 Å². The highest BCUT2D eigenvalue weighted by atomic mass is 31.2. The number of rotatable bonds is 9. The molecule has 1 fully saturated rings. The number of imidazole rings is 1. The number of halogens is 1. The van der Waals surface area contributed by atoms with Crippen molar-refractivity contribution in [3.05, 3.63) is 60.2 Å². The minimum absolute atomic E-state index is 0.0677. The summed E-state index contributed by atoms with van der Waals surface area (Å²) in [6.07, 6.45) is -2.47. The highest BCUT2D eigenvalue weighted by Gasteiger charge is 2.45. The van der Waals surface area contributed by atoms with Gasteiger partial charge in [0, 0.05) is 5.56 Å². The maximum absolute atomic E-state index is 14.8. The van der Waals surface area contributed by atoms with Gasteiger partial charge in [-0.15, -0.1) is 0 Å². The highest BCUT2D eigenvalue weighted by molar-refractivity contribution is 7.58. The summed E-state index contributed by atoms with van der Waals surface area (Å²) < 4.78 is 44.4. The number of nitrogens with zero attached hydrogens (tertiary/aromatic N) is 4. The van der Waals surface area contributed by atoms with Crippen LogP contribution in [0.15, 0.2) is 54.6 Å². The van der Waals surface area contributed by atoms with Gasteiger partial charge in [0.15, 0.2) is 23.2 Å². The second kappa shape index (κ2) is 10.9. The Balaban J connectivity index is 1.59. The Hall–Kier alpha value is -3.06. The highest BCUT2D eigenvalue weighted by Crippen LogP contribution is 2.57. The van der Waals surface area contributed by atoms with E-state index in [4.69, 9.17) is 13.8 Å². The Morgan fingerprint density at radius 1 is 1.17 bits per heavy atom. The first-order chi connectivity index (χ1) is 17.3. The molecule has 0 aliphatic carbocycles. The van der Waals surface area contributed by atoms with Crippen molar-refractivity contribution in [2.24, 2.45) is 0 Å². The lowest BCUT2D eigenvalue weighted by Crippen LogP contribution is -2.30. The summed E-state index contributed by atoms with van der Waals surface area (Å²) in [4.78, 5) is 25.0. The van der Waals surface area contributed by atoms with Crippen LogP contribution in [0.1, 0.15) is 30.4 Å². The van der Waals surface area contributed by atoms with Crippen molar-refractivity contribution in [1.29, 1.82) is 0 Å². The first kappa shape index (κ1) is 26.0. The van der Waals surface area contributed by atoms with Gasteiger partial charge in [-0.3, -0.25) is 13.9 Å². The average molecular weight is 521 g/mol. The number of ether oxygens (including phenoxy) is 1. The molecule has 1 aromatic carbocycles. The van der Waals surface area contributed by atoms with Crippen molar-refractivity contribution in [2.45, 2.75) is 38.4 Å². The van der Waals surface area contributed by atoms with Gasteiger partial charge in [0.1, 0.15) is 24.6 Å². The fourth-order valence-electron chi connectivity index (χ4n) is 3.68. The molecular weight excluding hydrogens is 496 g/mol. The lowest BCUT2D eigenvalue weighted by molar-refractivity contribution is -0.0247. The van der Waals surface area contributed by atoms with E-state index in [1.54, 1.807) is 30.3 Å². The molecule has 3 aromatic rings. The summed E-state index contributed by atoms with van der Waals surface area (Å²) in [5.74, 6) is -0.288. The van der Waals surface area contributed by atoms with E-state index < -0.39 is 43.6 Å². The minimum atomic E-state index is -4.23. The van der Waals surface area contributed by atoms with Gasteiger partial charge in [0.25, 0.3) is 5.91 Å². The third kappa shape index (κ3) is 5.07. The molecule has 1 saturated heterocycles. The monoisotopic (exact) mass is 521 g/mol. The molecule has 4 atom stereocenters. The zero-order valence-corrected chi connectivity index (χ0v) is 20.3.